The molecule has 0 saturated heterocycles. The van der Waals surface area contributed by atoms with E-state index in [1.165, 1.54) is 5.56 Å². The van der Waals surface area contributed by atoms with E-state index in [-0.39, 0.29) is 0 Å². The predicted octanol–water partition coefficient (Wildman–Crippen LogP) is 2.38. The molecule has 19 heavy (non-hydrogen) atoms. The molecule has 0 fully saturated rings. The van der Waals surface area contributed by atoms with Crippen LogP contribution in [0.4, 0.5) is 0 Å². The van der Waals surface area contributed by atoms with E-state index in [0.717, 1.165) is 18.7 Å². The monoisotopic (exact) mass is 259 g/mol. The van der Waals surface area contributed by atoms with Gasteiger partial charge in [0, 0.05) is 18.3 Å². The van der Waals surface area contributed by atoms with Gasteiger partial charge < -0.3 is 10.4 Å². The third-order valence-corrected chi connectivity index (χ3v) is 2.82. The van der Waals surface area contributed by atoms with Gasteiger partial charge in [0.1, 0.15) is 5.75 Å². The highest BCUT2D eigenvalue weighted by atomic mass is 16.3. The lowest BCUT2D eigenvalue weighted by atomic mass is 10.2. The fraction of sp³-hybridized carbons (Fsp3) is 0.400. The largest absolute Gasteiger partial charge is 0.508 e. The van der Waals surface area contributed by atoms with Gasteiger partial charge in [0.15, 0.2) is 0 Å². The molecule has 1 aromatic heterocycles. The van der Waals surface area contributed by atoms with Gasteiger partial charge in [-0.3, -0.25) is 4.68 Å². The van der Waals surface area contributed by atoms with Crippen molar-refractivity contribution in [3.8, 4) is 5.75 Å². The second kappa shape index (κ2) is 6.38. The number of phenolic OH excluding ortho intramolecular Hbond substituents is 1. The molecule has 4 nitrogen and oxygen atoms in total. The first-order valence-corrected chi connectivity index (χ1v) is 6.63. The van der Waals surface area contributed by atoms with Crippen molar-refractivity contribution < 1.29 is 5.11 Å². The molecule has 0 atom stereocenters. The Kier molecular flexibility index (Phi) is 4.58. The third-order valence-electron chi connectivity index (χ3n) is 2.82. The van der Waals surface area contributed by atoms with E-state index in [1.54, 1.807) is 12.1 Å². The van der Waals surface area contributed by atoms with Crippen LogP contribution in [0.15, 0.2) is 36.7 Å². The number of phenols is 1. The SMILES string of the molecule is CC(C)CNCc1cnn(Cc2cccc(O)c2)c1. The van der Waals surface area contributed by atoms with Crippen molar-refractivity contribution in [3.63, 3.8) is 0 Å². The summed E-state index contributed by atoms with van der Waals surface area (Å²) in [7, 11) is 0. The second-order valence-corrected chi connectivity index (χ2v) is 5.24. The molecular formula is C15H21N3O. The molecule has 0 spiro atoms. The minimum Gasteiger partial charge on any atom is -0.508 e. The van der Waals surface area contributed by atoms with Crippen LogP contribution >= 0.6 is 0 Å². The van der Waals surface area contributed by atoms with Crippen LogP contribution in [0.25, 0.3) is 0 Å². The normalized spacial score (nSPS) is 11.1. The van der Waals surface area contributed by atoms with E-state index in [2.05, 4.69) is 24.3 Å². The van der Waals surface area contributed by atoms with E-state index in [9.17, 15) is 5.11 Å². The van der Waals surface area contributed by atoms with Gasteiger partial charge in [0.2, 0.25) is 0 Å². The number of aromatic nitrogens is 2. The van der Waals surface area contributed by atoms with Crippen LogP contribution in [0.1, 0.15) is 25.0 Å². The Hall–Kier alpha value is -1.81. The van der Waals surface area contributed by atoms with Crippen molar-refractivity contribution in [2.75, 3.05) is 6.54 Å². The zero-order valence-corrected chi connectivity index (χ0v) is 11.5. The highest BCUT2D eigenvalue weighted by Gasteiger charge is 2.01. The van der Waals surface area contributed by atoms with Gasteiger partial charge in [0.25, 0.3) is 0 Å². The molecule has 0 bridgehead atoms. The molecule has 0 unspecified atom stereocenters. The Morgan fingerprint density at radius 3 is 2.89 bits per heavy atom. The fourth-order valence-electron chi connectivity index (χ4n) is 1.93. The van der Waals surface area contributed by atoms with Crippen molar-refractivity contribution in [2.45, 2.75) is 26.9 Å². The quantitative estimate of drug-likeness (QED) is 0.837. The maximum atomic E-state index is 9.42. The molecule has 2 N–H and O–H groups in total. The average Bonchev–Trinajstić information content (AvgIpc) is 2.76. The smallest absolute Gasteiger partial charge is 0.115 e. The molecule has 0 aliphatic carbocycles. The molecule has 0 amide bonds. The highest BCUT2D eigenvalue weighted by Crippen LogP contribution is 2.12. The maximum absolute atomic E-state index is 9.42. The molecule has 0 aliphatic rings. The van der Waals surface area contributed by atoms with E-state index in [0.29, 0.717) is 18.2 Å². The third kappa shape index (κ3) is 4.41. The van der Waals surface area contributed by atoms with Crippen LogP contribution in [0.2, 0.25) is 0 Å². The predicted molar refractivity (Wildman–Crippen MR) is 76.0 cm³/mol. The van der Waals surface area contributed by atoms with Gasteiger partial charge in [-0.25, -0.2) is 0 Å². The summed E-state index contributed by atoms with van der Waals surface area (Å²) >= 11 is 0. The summed E-state index contributed by atoms with van der Waals surface area (Å²) < 4.78 is 1.89. The zero-order chi connectivity index (χ0) is 13.7. The molecule has 2 aromatic rings. The van der Waals surface area contributed by atoms with Crippen LogP contribution in [-0.4, -0.2) is 21.4 Å². The van der Waals surface area contributed by atoms with Crippen LogP contribution < -0.4 is 5.32 Å². The summed E-state index contributed by atoms with van der Waals surface area (Å²) in [5, 5.41) is 17.2. The standard InChI is InChI=1S/C15H21N3O/c1-12(2)7-16-8-14-9-17-18(11-14)10-13-4-3-5-15(19)6-13/h3-6,9,11-12,16,19H,7-8,10H2,1-2H3. The Bertz CT molecular complexity index is 520. The Labute approximate surface area is 114 Å². The Balaban J connectivity index is 1.90. The summed E-state index contributed by atoms with van der Waals surface area (Å²) in [6.45, 7) is 6.92. The Morgan fingerprint density at radius 1 is 1.32 bits per heavy atom. The number of hydrogen-bond acceptors (Lipinski definition) is 3. The zero-order valence-electron chi connectivity index (χ0n) is 11.5. The van der Waals surface area contributed by atoms with Crippen molar-refractivity contribution in [1.29, 1.82) is 0 Å². The molecule has 0 aliphatic heterocycles. The molecule has 1 heterocycles. The van der Waals surface area contributed by atoms with Crippen LogP contribution in [0, 0.1) is 5.92 Å². The van der Waals surface area contributed by atoms with E-state index >= 15 is 0 Å². The van der Waals surface area contributed by atoms with Gasteiger partial charge in [-0.2, -0.15) is 5.10 Å². The van der Waals surface area contributed by atoms with Gasteiger partial charge in [0.05, 0.1) is 12.7 Å². The number of aromatic hydroxyl groups is 1. The first-order valence-electron chi connectivity index (χ1n) is 6.63. The van der Waals surface area contributed by atoms with Gasteiger partial charge in [-0.05, 0) is 30.2 Å². The van der Waals surface area contributed by atoms with Gasteiger partial charge in [-0.1, -0.05) is 26.0 Å². The fourth-order valence-corrected chi connectivity index (χ4v) is 1.93. The number of rotatable bonds is 6. The highest BCUT2D eigenvalue weighted by molar-refractivity contribution is 5.27. The van der Waals surface area contributed by atoms with Crippen molar-refractivity contribution in [3.05, 3.63) is 47.8 Å². The first-order chi connectivity index (χ1) is 9.13. The second-order valence-electron chi connectivity index (χ2n) is 5.24. The van der Waals surface area contributed by atoms with Crippen LogP contribution in [0.5, 0.6) is 5.75 Å². The molecule has 0 radical (unpaired) electrons. The van der Waals surface area contributed by atoms with Gasteiger partial charge >= 0.3 is 0 Å². The van der Waals surface area contributed by atoms with Crippen molar-refractivity contribution in [2.24, 2.45) is 5.92 Å². The minimum atomic E-state index is 0.295. The molecule has 102 valence electrons. The average molecular weight is 259 g/mol. The van der Waals surface area contributed by atoms with E-state index in [1.807, 2.05) is 29.2 Å². The van der Waals surface area contributed by atoms with Gasteiger partial charge in [-0.15, -0.1) is 0 Å². The van der Waals surface area contributed by atoms with Crippen molar-refractivity contribution >= 4 is 0 Å². The summed E-state index contributed by atoms with van der Waals surface area (Å²) in [6, 6.07) is 7.27. The van der Waals surface area contributed by atoms with Crippen LogP contribution in [-0.2, 0) is 13.1 Å². The molecule has 4 heteroatoms. The first kappa shape index (κ1) is 13.6. The maximum Gasteiger partial charge on any atom is 0.115 e. The summed E-state index contributed by atoms with van der Waals surface area (Å²) in [6.07, 6.45) is 3.92. The molecule has 2 rings (SSSR count). The minimum absolute atomic E-state index is 0.295. The lowest BCUT2D eigenvalue weighted by Crippen LogP contribution is -2.18. The summed E-state index contributed by atoms with van der Waals surface area (Å²) in [5.41, 5.74) is 2.23. The number of nitrogens with one attached hydrogen (secondary N) is 1. The number of benzene rings is 1. The summed E-state index contributed by atoms with van der Waals surface area (Å²) in [5.74, 6) is 0.950. The topological polar surface area (TPSA) is 50.1 Å². The lowest BCUT2D eigenvalue weighted by molar-refractivity contribution is 0.474. The molecule has 1 aromatic carbocycles. The van der Waals surface area contributed by atoms with Crippen LogP contribution in [0.3, 0.4) is 0 Å². The number of nitrogens with zero attached hydrogens (tertiary/aromatic N) is 2. The molecular weight excluding hydrogens is 238 g/mol. The molecule has 0 saturated carbocycles. The van der Waals surface area contributed by atoms with E-state index < -0.39 is 0 Å². The van der Waals surface area contributed by atoms with E-state index in [4.69, 9.17) is 0 Å². The number of hydrogen-bond donors (Lipinski definition) is 2. The summed E-state index contributed by atoms with van der Waals surface area (Å²) in [4.78, 5) is 0. The lowest BCUT2D eigenvalue weighted by Gasteiger charge is -2.05. The Morgan fingerprint density at radius 2 is 2.16 bits per heavy atom. The van der Waals surface area contributed by atoms with Crippen molar-refractivity contribution in [1.82, 2.24) is 15.1 Å².